The predicted octanol–water partition coefficient (Wildman–Crippen LogP) is 5.43. The Kier molecular flexibility index (Phi) is 8.74. The number of fused-ring (bicyclic) bond motifs is 1. The van der Waals surface area contributed by atoms with Gasteiger partial charge in [0.15, 0.2) is 5.82 Å². The smallest absolute Gasteiger partial charge is 0.229 e. The lowest BCUT2D eigenvalue weighted by molar-refractivity contribution is -0.121. The number of carbonyl (C=O) groups excluding carboxylic acids is 1. The third kappa shape index (κ3) is 6.36. The molecule has 1 N–H and O–H groups in total. The van der Waals surface area contributed by atoms with Crippen LogP contribution in [0, 0.1) is 29.9 Å². The van der Waals surface area contributed by atoms with Crippen LogP contribution in [0.4, 0.5) is 26.2 Å². The number of nitrogens with zero attached hydrogens (tertiary/aromatic N) is 8. The molecule has 0 bridgehead atoms. The van der Waals surface area contributed by atoms with Crippen molar-refractivity contribution in [3.63, 3.8) is 0 Å². The summed E-state index contributed by atoms with van der Waals surface area (Å²) < 4.78 is 32.1. The SMILES string of the molecule is Cc1cc2c(F)cc(-c3nc(Nc4ccc(N5CCC(N6CCN(CCC#N)CC6)CC5=O)cn4)ncc3F)cc2n1C(C)C. The van der Waals surface area contributed by atoms with Crippen LogP contribution in [0.5, 0.6) is 0 Å². The molecule has 0 aliphatic carbocycles. The number of hydrogen-bond acceptors (Lipinski definition) is 8. The van der Waals surface area contributed by atoms with E-state index in [0.29, 0.717) is 47.4 Å². The molecule has 2 fully saturated rings. The molecule has 2 saturated heterocycles. The Morgan fingerprint density at radius 1 is 1.04 bits per heavy atom. The first-order valence-corrected chi connectivity index (χ1v) is 15.4. The summed E-state index contributed by atoms with van der Waals surface area (Å²) in [6.45, 7) is 11.0. The Morgan fingerprint density at radius 3 is 2.53 bits per heavy atom. The Hall–Kier alpha value is -4.47. The fraction of sp³-hybridized carbons (Fsp3) is 0.424. The van der Waals surface area contributed by atoms with E-state index < -0.39 is 11.6 Å². The number of nitrogens with one attached hydrogen (secondary N) is 1. The highest BCUT2D eigenvalue weighted by molar-refractivity contribution is 5.94. The largest absolute Gasteiger partial charge is 0.342 e. The average Bonchev–Trinajstić information content (AvgIpc) is 3.38. The molecule has 0 radical (unpaired) electrons. The van der Waals surface area contributed by atoms with Gasteiger partial charge in [-0.15, -0.1) is 0 Å². The molecule has 0 saturated carbocycles. The normalized spacial score (nSPS) is 18.1. The van der Waals surface area contributed by atoms with E-state index in [-0.39, 0.29) is 29.6 Å². The molecule has 12 heteroatoms. The van der Waals surface area contributed by atoms with Gasteiger partial charge in [-0.1, -0.05) is 0 Å². The average molecular weight is 614 g/mol. The van der Waals surface area contributed by atoms with Crippen molar-refractivity contribution < 1.29 is 13.6 Å². The van der Waals surface area contributed by atoms with E-state index in [1.807, 2.05) is 31.4 Å². The summed E-state index contributed by atoms with van der Waals surface area (Å²) in [6.07, 6.45) is 4.57. The number of piperidine rings is 1. The number of rotatable bonds is 8. The zero-order chi connectivity index (χ0) is 31.7. The van der Waals surface area contributed by atoms with E-state index >= 15 is 4.39 Å². The van der Waals surface area contributed by atoms with Crippen molar-refractivity contribution >= 4 is 34.3 Å². The summed E-state index contributed by atoms with van der Waals surface area (Å²) >= 11 is 0. The monoisotopic (exact) mass is 613 g/mol. The minimum absolute atomic E-state index is 0.0175. The molecule has 4 aromatic rings. The minimum atomic E-state index is -0.662. The number of halogens is 2. The van der Waals surface area contributed by atoms with Crippen molar-refractivity contribution in [3.8, 4) is 17.3 Å². The molecule has 234 valence electrons. The first kappa shape index (κ1) is 30.6. The van der Waals surface area contributed by atoms with Gasteiger partial charge in [0.25, 0.3) is 0 Å². The van der Waals surface area contributed by atoms with Crippen LogP contribution in [0.3, 0.4) is 0 Å². The first-order valence-electron chi connectivity index (χ1n) is 15.4. The number of nitriles is 1. The number of carbonyl (C=O) groups is 1. The number of anilines is 3. The van der Waals surface area contributed by atoms with Crippen LogP contribution in [0.1, 0.15) is 44.8 Å². The van der Waals surface area contributed by atoms with E-state index in [1.54, 1.807) is 29.3 Å². The number of pyridine rings is 1. The fourth-order valence-electron chi connectivity index (χ4n) is 6.56. The molecular weight excluding hydrogens is 576 g/mol. The zero-order valence-corrected chi connectivity index (χ0v) is 25.8. The van der Waals surface area contributed by atoms with Gasteiger partial charge >= 0.3 is 0 Å². The maximum atomic E-state index is 15.1. The third-order valence-electron chi connectivity index (χ3n) is 8.79. The summed E-state index contributed by atoms with van der Waals surface area (Å²) in [5.41, 5.74) is 2.60. The molecule has 1 amide bonds. The van der Waals surface area contributed by atoms with Gasteiger partial charge in [0.05, 0.1) is 29.7 Å². The number of piperazine rings is 1. The van der Waals surface area contributed by atoms with E-state index in [1.165, 1.54) is 6.07 Å². The summed E-state index contributed by atoms with van der Waals surface area (Å²) in [6, 6.07) is 10.9. The van der Waals surface area contributed by atoms with Gasteiger partial charge in [0.1, 0.15) is 17.3 Å². The zero-order valence-electron chi connectivity index (χ0n) is 25.8. The fourth-order valence-corrected chi connectivity index (χ4v) is 6.56. The Balaban J connectivity index is 1.12. The van der Waals surface area contributed by atoms with Gasteiger partial charge in [-0.25, -0.2) is 23.7 Å². The Labute approximate surface area is 261 Å². The Bertz CT molecular complexity index is 1740. The highest BCUT2D eigenvalue weighted by Crippen LogP contribution is 2.32. The maximum Gasteiger partial charge on any atom is 0.229 e. The molecule has 1 unspecified atom stereocenters. The lowest BCUT2D eigenvalue weighted by Gasteiger charge is -2.42. The molecule has 0 spiro atoms. The molecule has 3 aromatic heterocycles. The molecule has 1 aromatic carbocycles. The van der Waals surface area contributed by atoms with Crippen LogP contribution in [0.2, 0.25) is 0 Å². The topological polar surface area (TPSA) is 106 Å². The van der Waals surface area contributed by atoms with Crippen LogP contribution in [0.25, 0.3) is 22.2 Å². The van der Waals surface area contributed by atoms with Crippen molar-refractivity contribution in [1.29, 1.82) is 5.26 Å². The van der Waals surface area contributed by atoms with Crippen LogP contribution >= 0.6 is 0 Å². The number of amides is 1. The number of benzene rings is 1. The first-order chi connectivity index (χ1) is 21.7. The Morgan fingerprint density at radius 2 is 1.84 bits per heavy atom. The molecule has 6 rings (SSSR count). The molecule has 10 nitrogen and oxygen atoms in total. The third-order valence-corrected chi connectivity index (χ3v) is 8.79. The molecule has 2 aliphatic rings. The number of hydrogen-bond donors (Lipinski definition) is 1. The lowest BCUT2D eigenvalue weighted by Crippen LogP contribution is -2.54. The van der Waals surface area contributed by atoms with Crippen LogP contribution in [-0.2, 0) is 4.79 Å². The van der Waals surface area contributed by atoms with E-state index in [9.17, 15) is 9.18 Å². The molecule has 45 heavy (non-hydrogen) atoms. The summed E-state index contributed by atoms with van der Waals surface area (Å²) in [4.78, 5) is 32.5. The molecule has 1 atom stereocenters. The van der Waals surface area contributed by atoms with Gasteiger partial charge in [-0.2, -0.15) is 5.26 Å². The lowest BCUT2D eigenvalue weighted by atomic mass is 10.0. The number of aromatic nitrogens is 4. The van der Waals surface area contributed by atoms with Crippen molar-refractivity contribution in [2.45, 2.75) is 52.1 Å². The van der Waals surface area contributed by atoms with Crippen LogP contribution < -0.4 is 10.2 Å². The van der Waals surface area contributed by atoms with Gasteiger partial charge in [-0.3, -0.25) is 14.6 Å². The minimum Gasteiger partial charge on any atom is -0.342 e. The van der Waals surface area contributed by atoms with Gasteiger partial charge in [0, 0.05) is 80.8 Å². The molecule has 2 aliphatic heterocycles. The second-order valence-electron chi connectivity index (χ2n) is 12.0. The van der Waals surface area contributed by atoms with Crippen molar-refractivity contribution in [2.24, 2.45) is 0 Å². The van der Waals surface area contributed by atoms with Crippen molar-refractivity contribution in [1.82, 2.24) is 29.3 Å². The van der Waals surface area contributed by atoms with Crippen molar-refractivity contribution in [2.75, 3.05) is 49.5 Å². The molecule has 5 heterocycles. The second-order valence-corrected chi connectivity index (χ2v) is 12.0. The van der Waals surface area contributed by atoms with E-state index in [2.05, 4.69) is 36.1 Å². The van der Waals surface area contributed by atoms with Gasteiger partial charge < -0.3 is 14.8 Å². The summed E-state index contributed by atoms with van der Waals surface area (Å²) in [5.74, 6) is -0.492. The number of aryl methyl sites for hydroxylation is 1. The molecular formula is C33H37F2N9O. The van der Waals surface area contributed by atoms with Crippen molar-refractivity contribution in [3.05, 3.63) is 60.1 Å². The van der Waals surface area contributed by atoms with Crippen LogP contribution in [-0.4, -0.2) is 80.5 Å². The highest BCUT2D eigenvalue weighted by Gasteiger charge is 2.32. The summed E-state index contributed by atoms with van der Waals surface area (Å²) in [5, 5.41) is 12.3. The van der Waals surface area contributed by atoms with Gasteiger partial charge in [0.2, 0.25) is 11.9 Å². The van der Waals surface area contributed by atoms with Gasteiger partial charge in [-0.05, 0) is 57.5 Å². The second kappa shape index (κ2) is 12.9. The van der Waals surface area contributed by atoms with E-state index in [4.69, 9.17) is 5.26 Å². The standard InChI is InChI=1S/C33H37F2N9O/c1-21(2)44-22(3)15-26-27(34)16-23(17-29(26)44)32-28(35)20-38-33(40-32)39-30-6-5-25(19-37-30)43-10-7-24(18-31(43)45)42-13-11-41(12-14-42)9-4-8-36/h5-6,15-17,19-21,24H,4,7,9-14,18H2,1-3H3,(H,37,38,39,40). The summed E-state index contributed by atoms with van der Waals surface area (Å²) in [7, 11) is 0. The van der Waals surface area contributed by atoms with Crippen LogP contribution in [0.15, 0.2) is 42.7 Å². The van der Waals surface area contributed by atoms with E-state index in [0.717, 1.165) is 51.0 Å². The quantitative estimate of drug-likeness (QED) is 0.281. The predicted molar refractivity (Wildman–Crippen MR) is 169 cm³/mol. The maximum absolute atomic E-state index is 15.1. The highest BCUT2D eigenvalue weighted by atomic mass is 19.1.